The molecule has 1 heterocycles. The van der Waals surface area contributed by atoms with E-state index >= 15 is 0 Å². The molecule has 2 aromatic rings. The fraction of sp³-hybridized carbons (Fsp3) is 0.0909. The number of hydrogen-bond donors (Lipinski definition) is 2. The summed E-state index contributed by atoms with van der Waals surface area (Å²) in [5.74, 6) is 3.28. The monoisotopic (exact) mass is 330 g/mol. The summed E-state index contributed by atoms with van der Waals surface area (Å²) in [5.41, 5.74) is 2.83. The Morgan fingerprint density at radius 1 is 1.32 bits per heavy atom. The van der Waals surface area contributed by atoms with Crippen LogP contribution in [0.4, 0.5) is 14.6 Å². The van der Waals surface area contributed by atoms with Crippen LogP contribution in [0.3, 0.4) is 0 Å². The van der Waals surface area contributed by atoms with E-state index in [1.807, 2.05) is 0 Å². The number of nitrogen functional groups attached to an aromatic ring is 1. The lowest BCUT2D eigenvalue weighted by Crippen LogP contribution is -2.11. The minimum Gasteiger partial charge on any atom is -0.435 e. The molecule has 1 aromatic heterocycles. The minimum atomic E-state index is -1.09. The van der Waals surface area contributed by atoms with E-state index in [2.05, 4.69) is 31.3 Å². The number of aromatic nitrogens is 2. The molecule has 3 N–H and O–H groups in total. The van der Waals surface area contributed by atoms with E-state index in [1.54, 1.807) is 6.92 Å². The van der Waals surface area contributed by atoms with Crippen molar-refractivity contribution in [3.05, 3.63) is 40.1 Å². The van der Waals surface area contributed by atoms with Crippen LogP contribution >= 0.6 is 15.9 Å². The highest BCUT2D eigenvalue weighted by molar-refractivity contribution is 9.10. The van der Waals surface area contributed by atoms with Crippen molar-refractivity contribution in [2.24, 2.45) is 5.84 Å². The van der Waals surface area contributed by atoms with Gasteiger partial charge in [0.05, 0.1) is 5.56 Å². The summed E-state index contributed by atoms with van der Waals surface area (Å²) in [6, 6.07) is 2.30. The van der Waals surface area contributed by atoms with Crippen LogP contribution in [-0.4, -0.2) is 9.97 Å². The van der Waals surface area contributed by atoms with Gasteiger partial charge in [-0.25, -0.2) is 20.2 Å². The molecule has 1 aromatic carbocycles. The van der Waals surface area contributed by atoms with E-state index < -0.39 is 11.6 Å². The molecule has 0 saturated carbocycles. The molecule has 19 heavy (non-hydrogen) atoms. The maximum atomic E-state index is 13.6. The topological polar surface area (TPSA) is 73.1 Å². The fourth-order valence-corrected chi connectivity index (χ4v) is 1.80. The molecule has 0 spiro atoms. The van der Waals surface area contributed by atoms with Gasteiger partial charge in [0.15, 0.2) is 11.6 Å². The van der Waals surface area contributed by atoms with Crippen LogP contribution in [-0.2, 0) is 0 Å². The lowest BCUT2D eigenvalue weighted by Gasteiger charge is -2.11. The molecule has 2 rings (SSSR count). The first-order valence-corrected chi connectivity index (χ1v) is 5.93. The number of nitrogens with zero attached hydrogens (tertiary/aromatic N) is 2. The summed E-state index contributed by atoms with van der Waals surface area (Å²) < 4.78 is 32.4. The molecule has 0 fully saturated rings. The van der Waals surface area contributed by atoms with Crippen molar-refractivity contribution in [1.82, 2.24) is 9.97 Å². The first-order chi connectivity index (χ1) is 9.02. The summed E-state index contributed by atoms with van der Waals surface area (Å²) >= 11 is 3.06. The van der Waals surface area contributed by atoms with Gasteiger partial charge in [-0.05, 0) is 19.1 Å². The second-order valence-electron chi connectivity index (χ2n) is 3.60. The normalized spacial score (nSPS) is 10.4. The third kappa shape index (κ3) is 2.79. The molecule has 100 valence electrons. The summed E-state index contributed by atoms with van der Waals surface area (Å²) in [6.45, 7) is 1.64. The van der Waals surface area contributed by atoms with Crippen LogP contribution in [0.25, 0.3) is 0 Å². The predicted molar refractivity (Wildman–Crippen MR) is 68.7 cm³/mol. The molecule has 8 heteroatoms. The summed E-state index contributed by atoms with van der Waals surface area (Å²) in [7, 11) is 0. The number of hydrogen-bond acceptors (Lipinski definition) is 5. The molecule has 0 aliphatic rings. The Morgan fingerprint density at radius 2 is 2.05 bits per heavy atom. The maximum Gasteiger partial charge on any atom is 0.227 e. The number of ether oxygens (including phenoxy) is 1. The van der Waals surface area contributed by atoms with Gasteiger partial charge in [0.2, 0.25) is 11.7 Å². The van der Waals surface area contributed by atoms with Gasteiger partial charge in [0.1, 0.15) is 12.1 Å². The molecule has 0 aliphatic carbocycles. The number of halogens is 3. The van der Waals surface area contributed by atoms with Crippen molar-refractivity contribution < 1.29 is 13.5 Å². The van der Waals surface area contributed by atoms with Crippen molar-refractivity contribution in [3.8, 4) is 11.6 Å². The number of benzene rings is 1. The lowest BCUT2D eigenvalue weighted by atomic mass is 10.3. The van der Waals surface area contributed by atoms with Crippen molar-refractivity contribution in [1.29, 1.82) is 0 Å². The fourth-order valence-electron chi connectivity index (χ4n) is 1.39. The van der Waals surface area contributed by atoms with Gasteiger partial charge in [-0.3, -0.25) is 0 Å². The van der Waals surface area contributed by atoms with Gasteiger partial charge in [-0.2, -0.15) is 4.39 Å². The van der Waals surface area contributed by atoms with Gasteiger partial charge in [-0.15, -0.1) is 0 Å². The van der Waals surface area contributed by atoms with Crippen molar-refractivity contribution >= 4 is 21.7 Å². The molecule has 5 nitrogen and oxygen atoms in total. The molecule has 0 aliphatic heterocycles. The zero-order valence-electron chi connectivity index (χ0n) is 9.75. The standard InChI is InChI=1S/C11H9BrF2N4O/c1-5-10(18-15)16-4-17-11(5)19-8-3-6(12)2-7(13)9(8)14/h2-4H,15H2,1H3,(H,16,17,18). The molecular weight excluding hydrogens is 322 g/mol. The molecule has 0 atom stereocenters. The number of nitrogens with two attached hydrogens (primary N) is 1. The Hall–Kier alpha value is -1.80. The van der Waals surface area contributed by atoms with E-state index in [-0.39, 0.29) is 11.6 Å². The Balaban J connectivity index is 2.42. The van der Waals surface area contributed by atoms with E-state index in [0.717, 1.165) is 6.07 Å². The summed E-state index contributed by atoms with van der Waals surface area (Å²) in [4.78, 5) is 7.70. The second kappa shape index (κ2) is 5.45. The Labute approximate surface area is 115 Å². The maximum absolute atomic E-state index is 13.6. The van der Waals surface area contributed by atoms with Gasteiger partial charge in [0, 0.05) is 4.47 Å². The van der Waals surface area contributed by atoms with Crippen molar-refractivity contribution in [2.45, 2.75) is 6.92 Å². The average Bonchev–Trinajstić information content (AvgIpc) is 2.37. The number of anilines is 1. The first-order valence-electron chi connectivity index (χ1n) is 5.13. The smallest absolute Gasteiger partial charge is 0.227 e. The second-order valence-corrected chi connectivity index (χ2v) is 4.51. The molecule has 0 radical (unpaired) electrons. The van der Waals surface area contributed by atoms with Crippen LogP contribution in [0.15, 0.2) is 22.9 Å². The summed E-state index contributed by atoms with van der Waals surface area (Å²) in [5, 5.41) is 0. The molecule has 0 unspecified atom stereocenters. The number of nitrogens with one attached hydrogen (secondary N) is 1. The molecule has 0 saturated heterocycles. The SMILES string of the molecule is Cc1c(NN)ncnc1Oc1cc(Br)cc(F)c1F. The highest BCUT2D eigenvalue weighted by Gasteiger charge is 2.15. The minimum absolute atomic E-state index is 0.0827. The highest BCUT2D eigenvalue weighted by Crippen LogP contribution is 2.31. The van der Waals surface area contributed by atoms with E-state index in [9.17, 15) is 8.78 Å². The van der Waals surface area contributed by atoms with E-state index in [4.69, 9.17) is 10.6 Å². The van der Waals surface area contributed by atoms with Gasteiger partial charge < -0.3 is 10.2 Å². The quantitative estimate of drug-likeness (QED) is 0.514. The zero-order valence-corrected chi connectivity index (χ0v) is 11.3. The first kappa shape index (κ1) is 13.6. The third-order valence-electron chi connectivity index (χ3n) is 2.34. The van der Waals surface area contributed by atoms with E-state index in [1.165, 1.54) is 12.4 Å². The largest absolute Gasteiger partial charge is 0.435 e. The van der Waals surface area contributed by atoms with Crippen molar-refractivity contribution in [2.75, 3.05) is 5.43 Å². The van der Waals surface area contributed by atoms with Gasteiger partial charge >= 0.3 is 0 Å². The predicted octanol–water partition coefficient (Wildman–Crippen LogP) is 2.90. The Kier molecular flexibility index (Phi) is 3.91. The van der Waals surface area contributed by atoms with Crippen LogP contribution in [0.1, 0.15) is 5.56 Å². The van der Waals surface area contributed by atoms with Crippen LogP contribution in [0.2, 0.25) is 0 Å². The van der Waals surface area contributed by atoms with Crippen LogP contribution in [0.5, 0.6) is 11.6 Å². The van der Waals surface area contributed by atoms with E-state index in [0.29, 0.717) is 15.9 Å². The number of rotatable bonds is 3. The lowest BCUT2D eigenvalue weighted by molar-refractivity contribution is 0.402. The summed E-state index contributed by atoms with van der Waals surface area (Å²) in [6.07, 6.45) is 1.20. The Morgan fingerprint density at radius 3 is 2.74 bits per heavy atom. The van der Waals surface area contributed by atoms with Gasteiger partial charge in [-0.1, -0.05) is 15.9 Å². The van der Waals surface area contributed by atoms with Gasteiger partial charge in [0.25, 0.3) is 0 Å². The average molecular weight is 331 g/mol. The van der Waals surface area contributed by atoms with Crippen LogP contribution in [0, 0.1) is 18.6 Å². The number of hydrazine groups is 1. The molecular formula is C11H9BrF2N4O. The molecule has 0 amide bonds. The van der Waals surface area contributed by atoms with Crippen LogP contribution < -0.4 is 16.0 Å². The highest BCUT2D eigenvalue weighted by atomic mass is 79.9. The Bertz CT molecular complexity index is 624. The third-order valence-corrected chi connectivity index (χ3v) is 2.80. The van der Waals surface area contributed by atoms with Crippen molar-refractivity contribution in [3.63, 3.8) is 0 Å². The molecule has 0 bridgehead atoms. The zero-order chi connectivity index (χ0) is 14.0.